The molecule has 33 heavy (non-hydrogen) atoms. The van der Waals surface area contributed by atoms with Gasteiger partial charge >= 0.3 is 0 Å². The molecule has 3 amide bonds. The fourth-order valence-corrected chi connectivity index (χ4v) is 6.02. The zero-order valence-corrected chi connectivity index (χ0v) is 19.4. The number of fused-ring (bicyclic) bond motifs is 1. The Kier molecular flexibility index (Phi) is 6.67. The van der Waals surface area contributed by atoms with Crippen LogP contribution < -0.4 is 10.1 Å². The van der Waals surface area contributed by atoms with E-state index in [9.17, 15) is 14.4 Å². The number of rotatable bonds is 6. The first kappa shape index (κ1) is 22.4. The zero-order valence-electron chi connectivity index (χ0n) is 19.4. The van der Waals surface area contributed by atoms with Gasteiger partial charge in [-0.1, -0.05) is 25.7 Å². The number of hydrogen-bond acceptors (Lipinski definition) is 5. The van der Waals surface area contributed by atoms with Gasteiger partial charge in [0.1, 0.15) is 18.4 Å². The van der Waals surface area contributed by atoms with E-state index >= 15 is 0 Å². The van der Waals surface area contributed by atoms with E-state index in [2.05, 4.69) is 10.2 Å². The number of likely N-dealkylation sites (tertiary alicyclic amines) is 1. The molecule has 0 bridgehead atoms. The summed E-state index contributed by atoms with van der Waals surface area (Å²) in [5, 5.41) is 2.35. The number of nitrogens with zero attached hydrogens (tertiary/aromatic N) is 2. The molecule has 7 heteroatoms. The van der Waals surface area contributed by atoms with Crippen LogP contribution in [0.15, 0.2) is 18.2 Å². The van der Waals surface area contributed by atoms with Crippen LogP contribution in [0.4, 0.5) is 0 Å². The molecule has 3 aliphatic heterocycles. The minimum atomic E-state index is -0.581. The Bertz CT molecular complexity index is 911. The van der Waals surface area contributed by atoms with Crippen molar-refractivity contribution < 1.29 is 19.1 Å². The summed E-state index contributed by atoms with van der Waals surface area (Å²) >= 11 is 0. The van der Waals surface area contributed by atoms with Gasteiger partial charge in [0.15, 0.2) is 0 Å². The number of piperidine rings is 2. The van der Waals surface area contributed by atoms with Crippen LogP contribution in [0.3, 0.4) is 0 Å². The number of amides is 3. The highest BCUT2D eigenvalue weighted by atomic mass is 16.5. The minimum absolute atomic E-state index is 0.142. The summed E-state index contributed by atoms with van der Waals surface area (Å²) in [6.07, 6.45) is 11.3. The lowest BCUT2D eigenvalue weighted by molar-refractivity contribution is -0.136. The fourth-order valence-electron chi connectivity index (χ4n) is 6.02. The van der Waals surface area contributed by atoms with Crippen molar-refractivity contribution in [2.75, 3.05) is 19.7 Å². The molecule has 1 N–H and O–H groups in total. The molecule has 0 spiro atoms. The van der Waals surface area contributed by atoms with Gasteiger partial charge in [0.05, 0.1) is 0 Å². The Labute approximate surface area is 195 Å². The molecule has 7 nitrogen and oxygen atoms in total. The van der Waals surface area contributed by atoms with Crippen molar-refractivity contribution in [2.45, 2.75) is 82.8 Å². The van der Waals surface area contributed by atoms with Gasteiger partial charge in [-0.15, -0.1) is 0 Å². The van der Waals surface area contributed by atoms with Gasteiger partial charge < -0.3 is 9.64 Å². The molecule has 2 saturated heterocycles. The molecule has 2 atom stereocenters. The molecule has 1 saturated carbocycles. The quantitative estimate of drug-likeness (QED) is 0.669. The first-order chi connectivity index (χ1) is 16.1. The van der Waals surface area contributed by atoms with E-state index in [1.807, 2.05) is 18.2 Å². The third kappa shape index (κ3) is 4.93. The Morgan fingerprint density at radius 1 is 0.970 bits per heavy atom. The summed E-state index contributed by atoms with van der Waals surface area (Å²) in [6.45, 7) is 3.43. The molecular formula is C26H35N3O4. The van der Waals surface area contributed by atoms with Crippen LogP contribution in [-0.2, 0) is 16.1 Å². The van der Waals surface area contributed by atoms with Crippen molar-refractivity contribution in [3.05, 3.63) is 29.3 Å². The van der Waals surface area contributed by atoms with Gasteiger partial charge in [-0.25, -0.2) is 0 Å². The summed E-state index contributed by atoms with van der Waals surface area (Å²) in [7, 11) is 0. The number of ether oxygens (including phenoxy) is 1. The Morgan fingerprint density at radius 3 is 2.61 bits per heavy atom. The molecule has 4 aliphatic rings. The van der Waals surface area contributed by atoms with Gasteiger partial charge in [-0.05, 0) is 68.3 Å². The Balaban J connectivity index is 1.20. The highest BCUT2D eigenvalue weighted by molar-refractivity contribution is 6.05. The summed E-state index contributed by atoms with van der Waals surface area (Å²) in [5.41, 5.74) is 1.52. The molecule has 0 aromatic heterocycles. The minimum Gasteiger partial charge on any atom is -0.492 e. The number of carbonyl (C=O) groups excluding carboxylic acids is 3. The predicted molar refractivity (Wildman–Crippen MR) is 124 cm³/mol. The SMILES string of the molecule is O=C1CCC(N2Cc3cc(OCC4CCCCN4CC4CCCCC4)ccc3C2=O)C(=O)N1. The van der Waals surface area contributed by atoms with Crippen molar-refractivity contribution in [2.24, 2.45) is 5.92 Å². The Morgan fingerprint density at radius 2 is 1.79 bits per heavy atom. The topological polar surface area (TPSA) is 79.0 Å². The van der Waals surface area contributed by atoms with E-state index in [0.717, 1.165) is 17.2 Å². The van der Waals surface area contributed by atoms with Crippen molar-refractivity contribution in [1.82, 2.24) is 15.1 Å². The first-order valence-corrected chi connectivity index (χ1v) is 12.7. The molecular weight excluding hydrogens is 418 g/mol. The standard InChI is InChI=1S/C26H35N3O4/c30-24-12-11-23(25(31)27-24)29-16-19-14-21(9-10-22(19)26(29)32)33-17-20-8-4-5-13-28(20)15-18-6-2-1-3-7-18/h9-10,14,18,20,23H,1-8,11-13,15-17H2,(H,27,30,31). The van der Waals surface area contributed by atoms with E-state index in [4.69, 9.17) is 4.74 Å². The first-order valence-electron chi connectivity index (χ1n) is 12.7. The molecule has 5 rings (SSSR count). The summed E-state index contributed by atoms with van der Waals surface area (Å²) in [5.74, 6) is 0.839. The van der Waals surface area contributed by atoms with Crippen molar-refractivity contribution in [3.8, 4) is 5.75 Å². The molecule has 3 fully saturated rings. The zero-order chi connectivity index (χ0) is 22.8. The lowest BCUT2D eigenvalue weighted by Crippen LogP contribution is -2.52. The lowest BCUT2D eigenvalue weighted by atomic mass is 9.88. The third-order valence-electron chi connectivity index (χ3n) is 7.90. The number of benzene rings is 1. The third-order valence-corrected chi connectivity index (χ3v) is 7.90. The van der Waals surface area contributed by atoms with Gasteiger partial charge in [0.25, 0.3) is 5.91 Å². The average Bonchev–Trinajstić information content (AvgIpc) is 3.14. The van der Waals surface area contributed by atoms with Crippen LogP contribution in [0.1, 0.15) is 80.1 Å². The van der Waals surface area contributed by atoms with Crippen molar-refractivity contribution in [3.63, 3.8) is 0 Å². The molecule has 178 valence electrons. The number of hydrogen-bond donors (Lipinski definition) is 1. The molecule has 3 heterocycles. The van der Waals surface area contributed by atoms with Gasteiger partial charge in [-0.2, -0.15) is 0 Å². The second-order valence-corrected chi connectivity index (χ2v) is 10.2. The Hall–Kier alpha value is -2.41. The van der Waals surface area contributed by atoms with E-state index < -0.39 is 6.04 Å². The van der Waals surface area contributed by atoms with Crippen molar-refractivity contribution in [1.29, 1.82) is 0 Å². The maximum atomic E-state index is 12.9. The summed E-state index contributed by atoms with van der Waals surface area (Å²) in [6, 6.07) is 5.52. The molecule has 1 aromatic carbocycles. The normalized spacial score (nSPS) is 26.9. The second kappa shape index (κ2) is 9.84. The monoisotopic (exact) mass is 453 g/mol. The van der Waals surface area contributed by atoms with E-state index in [0.29, 0.717) is 31.2 Å². The summed E-state index contributed by atoms with van der Waals surface area (Å²) in [4.78, 5) is 40.8. The van der Waals surface area contributed by atoms with Gasteiger partial charge in [0.2, 0.25) is 11.8 Å². The van der Waals surface area contributed by atoms with Crippen LogP contribution in [0, 0.1) is 5.92 Å². The molecule has 1 aromatic rings. The average molecular weight is 454 g/mol. The van der Waals surface area contributed by atoms with Crippen LogP contribution in [0.2, 0.25) is 0 Å². The lowest BCUT2D eigenvalue weighted by Gasteiger charge is -2.38. The van der Waals surface area contributed by atoms with E-state index in [1.165, 1.54) is 64.5 Å². The predicted octanol–water partition coefficient (Wildman–Crippen LogP) is 3.26. The highest BCUT2D eigenvalue weighted by Crippen LogP contribution is 2.31. The number of carbonyl (C=O) groups is 3. The van der Waals surface area contributed by atoms with Gasteiger partial charge in [-0.3, -0.25) is 24.6 Å². The second-order valence-electron chi connectivity index (χ2n) is 10.2. The highest BCUT2D eigenvalue weighted by Gasteiger charge is 2.39. The van der Waals surface area contributed by atoms with Crippen LogP contribution >= 0.6 is 0 Å². The maximum absolute atomic E-state index is 12.9. The smallest absolute Gasteiger partial charge is 0.255 e. The van der Waals surface area contributed by atoms with Crippen molar-refractivity contribution >= 4 is 17.7 Å². The maximum Gasteiger partial charge on any atom is 0.255 e. The van der Waals surface area contributed by atoms with Crippen LogP contribution in [0.5, 0.6) is 5.75 Å². The molecule has 2 unspecified atom stereocenters. The van der Waals surface area contributed by atoms with E-state index in [-0.39, 0.29) is 24.1 Å². The van der Waals surface area contributed by atoms with Crippen LogP contribution in [0.25, 0.3) is 0 Å². The van der Waals surface area contributed by atoms with Gasteiger partial charge in [0, 0.05) is 31.1 Å². The van der Waals surface area contributed by atoms with Crippen LogP contribution in [-0.4, -0.2) is 59.3 Å². The number of imide groups is 1. The largest absolute Gasteiger partial charge is 0.492 e. The number of nitrogens with one attached hydrogen (secondary N) is 1. The van der Waals surface area contributed by atoms with E-state index in [1.54, 1.807) is 4.90 Å². The molecule has 0 radical (unpaired) electrons. The summed E-state index contributed by atoms with van der Waals surface area (Å²) < 4.78 is 6.25. The molecule has 1 aliphatic carbocycles. The fraction of sp³-hybridized carbons (Fsp3) is 0.654.